The van der Waals surface area contributed by atoms with Crippen LogP contribution in [-0.2, 0) is 16.0 Å². The number of benzene rings is 2. The van der Waals surface area contributed by atoms with Crippen molar-refractivity contribution in [2.75, 3.05) is 13.2 Å². The van der Waals surface area contributed by atoms with Gasteiger partial charge in [-0.2, -0.15) is 0 Å². The Balaban J connectivity index is 1.79. The van der Waals surface area contributed by atoms with Crippen molar-refractivity contribution in [3.63, 3.8) is 0 Å². The van der Waals surface area contributed by atoms with E-state index in [1.807, 2.05) is 48.5 Å². The number of hydrogen-bond acceptors (Lipinski definition) is 5. The number of rotatable bonds is 10. The Labute approximate surface area is 153 Å². The summed E-state index contributed by atoms with van der Waals surface area (Å²) in [5.41, 5.74) is 1.22. The second-order valence-electron chi connectivity index (χ2n) is 5.75. The molecule has 2 aromatic carbocycles. The van der Waals surface area contributed by atoms with E-state index in [0.717, 1.165) is 24.2 Å². The summed E-state index contributed by atoms with van der Waals surface area (Å²) in [6, 6.07) is 17.8. The van der Waals surface area contributed by atoms with E-state index in [2.05, 4.69) is 12.6 Å². The number of ether oxygens (including phenoxy) is 3. The molecule has 5 heteroatoms. The van der Waals surface area contributed by atoms with Gasteiger partial charge in [-0.05, 0) is 49.6 Å². The summed E-state index contributed by atoms with van der Waals surface area (Å²) < 4.78 is 16.0. The zero-order chi connectivity index (χ0) is 18.8. The van der Waals surface area contributed by atoms with Crippen LogP contribution in [0.4, 0.5) is 0 Å². The van der Waals surface area contributed by atoms with Crippen LogP contribution >= 0.6 is 0 Å². The van der Waals surface area contributed by atoms with Gasteiger partial charge in [0, 0.05) is 5.57 Å². The molecule has 2 aromatic rings. The van der Waals surface area contributed by atoms with Gasteiger partial charge in [0.05, 0.1) is 6.61 Å². The van der Waals surface area contributed by atoms with Gasteiger partial charge in [0.25, 0.3) is 0 Å². The zero-order valence-corrected chi connectivity index (χ0v) is 14.8. The molecule has 0 aliphatic carbocycles. The van der Waals surface area contributed by atoms with Crippen LogP contribution in [0.15, 0.2) is 60.7 Å². The standard InChI is InChI=1S/C21H23O5/c1-16(2)21(23)26-20(22)15-25-19-13-7-6-9-17(19)10-8-14-24-18-11-4-3-5-12-18/h4-7,9,11-13,20,22H,1,8,10,14-15H2,2H3. The summed E-state index contributed by atoms with van der Waals surface area (Å²) in [7, 11) is 0. The second kappa shape index (κ2) is 10.3. The molecule has 0 aromatic heterocycles. The van der Waals surface area contributed by atoms with E-state index in [9.17, 15) is 9.90 Å². The van der Waals surface area contributed by atoms with E-state index in [1.165, 1.54) is 6.92 Å². The van der Waals surface area contributed by atoms with E-state index in [0.29, 0.717) is 12.4 Å². The normalized spacial score (nSPS) is 11.5. The smallest absolute Gasteiger partial charge is 0.335 e. The van der Waals surface area contributed by atoms with Crippen LogP contribution < -0.4 is 9.47 Å². The molecule has 0 aliphatic rings. The number of para-hydroxylation sites is 1. The highest BCUT2D eigenvalue weighted by molar-refractivity contribution is 5.86. The quantitative estimate of drug-likeness (QED) is 0.307. The topological polar surface area (TPSA) is 65.0 Å². The van der Waals surface area contributed by atoms with Gasteiger partial charge in [-0.15, -0.1) is 0 Å². The maximum Gasteiger partial charge on any atom is 0.335 e. The largest absolute Gasteiger partial charge is 0.494 e. The van der Waals surface area contributed by atoms with Gasteiger partial charge in [-0.1, -0.05) is 36.9 Å². The number of carbonyl (C=O) groups is 1. The zero-order valence-electron chi connectivity index (χ0n) is 14.8. The highest BCUT2D eigenvalue weighted by Gasteiger charge is 2.13. The fourth-order valence-electron chi connectivity index (χ4n) is 2.19. The summed E-state index contributed by atoms with van der Waals surface area (Å²) in [6.07, 6.45) is 0.230. The molecule has 5 nitrogen and oxygen atoms in total. The maximum atomic E-state index is 11.4. The van der Waals surface area contributed by atoms with Crippen molar-refractivity contribution in [2.24, 2.45) is 0 Å². The molecule has 137 valence electrons. The first-order valence-electron chi connectivity index (χ1n) is 8.40. The summed E-state index contributed by atoms with van der Waals surface area (Å²) >= 11 is 0. The predicted molar refractivity (Wildman–Crippen MR) is 97.9 cm³/mol. The lowest BCUT2D eigenvalue weighted by Gasteiger charge is -2.15. The highest BCUT2D eigenvalue weighted by atomic mass is 16.7. The van der Waals surface area contributed by atoms with Crippen LogP contribution in [0.5, 0.6) is 11.5 Å². The number of esters is 1. The minimum atomic E-state index is -1.34. The van der Waals surface area contributed by atoms with Crippen molar-refractivity contribution < 1.29 is 24.1 Å². The van der Waals surface area contributed by atoms with E-state index in [-0.39, 0.29) is 12.2 Å². The van der Waals surface area contributed by atoms with E-state index < -0.39 is 12.3 Å². The third kappa shape index (κ3) is 6.61. The minimum Gasteiger partial charge on any atom is -0.494 e. The molecule has 2 rings (SSSR count). The van der Waals surface area contributed by atoms with Crippen molar-refractivity contribution in [2.45, 2.75) is 26.1 Å². The summed E-state index contributed by atoms with van der Waals surface area (Å²) in [6.45, 7) is 5.41. The molecule has 26 heavy (non-hydrogen) atoms. The molecule has 0 fully saturated rings. The van der Waals surface area contributed by atoms with Crippen LogP contribution in [0.1, 0.15) is 18.9 Å². The lowest BCUT2D eigenvalue weighted by Crippen LogP contribution is -2.25. The first-order valence-corrected chi connectivity index (χ1v) is 8.40. The molecule has 1 atom stereocenters. The maximum absolute atomic E-state index is 11.4. The van der Waals surface area contributed by atoms with Gasteiger partial charge in [0.1, 0.15) is 11.5 Å². The van der Waals surface area contributed by atoms with E-state index in [1.54, 1.807) is 0 Å². The first kappa shape index (κ1) is 19.5. The van der Waals surface area contributed by atoms with Gasteiger partial charge in [-0.3, -0.25) is 0 Å². The Hall–Kier alpha value is -2.79. The van der Waals surface area contributed by atoms with Gasteiger partial charge in [-0.25, -0.2) is 4.79 Å². The van der Waals surface area contributed by atoms with Gasteiger partial charge >= 0.3 is 5.97 Å². The van der Waals surface area contributed by atoms with Crippen molar-refractivity contribution in [1.29, 1.82) is 0 Å². The van der Waals surface area contributed by atoms with Crippen LogP contribution in [0.2, 0.25) is 0 Å². The SMILES string of the molecule is C=C(C)C(=O)OC(O)COc1ccccc1CCCOc1cc[c]cc1. The molecular formula is C21H23O5. The molecular weight excluding hydrogens is 332 g/mol. The van der Waals surface area contributed by atoms with Crippen molar-refractivity contribution in [1.82, 2.24) is 0 Å². The third-order valence-electron chi connectivity index (χ3n) is 3.49. The van der Waals surface area contributed by atoms with Crippen molar-refractivity contribution >= 4 is 5.97 Å². The fraction of sp³-hybridized carbons (Fsp3) is 0.286. The van der Waals surface area contributed by atoms with Crippen LogP contribution in [-0.4, -0.2) is 30.6 Å². The first-order chi connectivity index (χ1) is 12.6. The Kier molecular flexibility index (Phi) is 7.71. The molecule has 0 bridgehead atoms. The van der Waals surface area contributed by atoms with Crippen LogP contribution in [0.25, 0.3) is 0 Å². The van der Waals surface area contributed by atoms with Gasteiger partial charge in [0.2, 0.25) is 6.29 Å². The van der Waals surface area contributed by atoms with E-state index in [4.69, 9.17) is 14.2 Å². The number of carbonyl (C=O) groups excluding carboxylic acids is 1. The van der Waals surface area contributed by atoms with E-state index >= 15 is 0 Å². The molecule has 0 saturated heterocycles. The second-order valence-corrected chi connectivity index (χ2v) is 5.75. The van der Waals surface area contributed by atoms with Crippen molar-refractivity contribution in [3.8, 4) is 11.5 Å². The minimum absolute atomic E-state index is 0.146. The molecule has 0 saturated carbocycles. The average molecular weight is 355 g/mol. The Morgan fingerprint density at radius 1 is 1.19 bits per heavy atom. The number of hydrogen-bond donors (Lipinski definition) is 1. The molecule has 0 amide bonds. The molecule has 0 heterocycles. The average Bonchev–Trinajstić information content (AvgIpc) is 2.65. The predicted octanol–water partition coefficient (Wildman–Crippen LogP) is 3.31. The summed E-state index contributed by atoms with van der Waals surface area (Å²) in [5, 5.41) is 9.73. The molecule has 1 radical (unpaired) electrons. The molecule has 0 aliphatic heterocycles. The van der Waals surface area contributed by atoms with Gasteiger partial charge in [0.15, 0.2) is 6.61 Å². The third-order valence-corrected chi connectivity index (χ3v) is 3.49. The van der Waals surface area contributed by atoms with Gasteiger partial charge < -0.3 is 19.3 Å². The number of aliphatic hydroxyl groups is 1. The molecule has 1 N–H and O–H groups in total. The summed E-state index contributed by atoms with van der Waals surface area (Å²) in [4.78, 5) is 11.4. The van der Waals surface area contributed by atoms with Crippen molar-refractivity contribution in [3.05, 3.63) is 72.3 Å². The molecule has 0 spiro atoms. The van der Waals surface area contributed by atoms with Crippen LogP contribution in [0.3, 0.4) is 0 Å². The van der Waals surface area contributed by atoms with Crippen LogP contribution in [0, 0.1) is 6.07 Å². The Bertz CT molecular complexity index is 711. The Morgan fingerprint density at radius 2 is 1.92 bits per heavy atom. The number of aliphatic hydroxyl groups excluding tert-OH is 1. The fourth-order valence-corrected chi connectivity index (χ4v) is 2.19. The monoisotopic (exact) mass is 355 g/mol. The lowest BCUT2D eigenvalue weighted by atomic mass is 10.1. The lowest BCUT2D eigenvalue weighted by molar-refractivity contribution is -0.167. The number of aryl methyl sites for hydroxylation is 1. The Morgan fingerprint density at radius 3 is 2.65 bits per heavy atom. The summed E-state index contributed by atoms with van der Waals surface area (Å²) in [5.74, 6) is 0.813. The molecule has 1 unspecified atom stereocenters. The highest BCUT2D eigenvalue weighted by Crippen LogP contribution is 2.20.